The van der Waals surface area contributed by atoms with Crippen LogP contribution in [0.3, 0.4) is 0 Å². The molecule has 3 heteroatoms. The Labute approximate surface area is 74.4 Å². The summed E-state index contributed by atoms with van der Waals surface area (Å²) in [7, 11) is 0. The van der Waals surface area contributed by atoms with Crippen LogP contribution in [0.4, 0.5) is 0 Å². The maximum absolute atomic E-state index is 5.69. The molecule has 1 rings (SSSR count). The van der Waals surface area contributed by atoms with Crippen molar-refractivity contribution in [3.05, 3.63) is 0 Å². The van der Waals surface area contributed by atoms with E-state index in [0.29, 0.717) is 18.0 Å². The Morgan fingerprint density at radius 2 is 2.00 bits per heavy atom. The highest BCUT2D eigenvalue weighted by atomic mass is 15.1. The maximum atomic E-state index is 5.69. The molecule has 12 heavy (non-hydrogen) atoms. The van der Waals surface area contributed by atoms with E-state index in [4.69, 9.17) is 5.73 Å². The van der Waals surface area contributed by atoms with Gasteiger partial charge in [0.25, 0.3) is 0 Å². The van der Waals surface area contributed by atoms with Crippen molar-refractivity contribution >= 4 is 5.96 Å². The first kappa shape index (κ1) is 9.36. The second-order valence-corrected chi connectivity index (χ2v) is 3.69. The first-order valence-electron chi connectivity index (χ1n) is 4.78. The maximum Gasteiger partial charge on any atom is 0.189 e. The van der Waals surface area contributed by atoms with Crippen molar-refractivity contribution in [3.63, 3.8) is 0 Å². The molecule has 0 saturated carbocycles. The summed E-state index contributed by atoms with van der Waals surface area (Å²) in [5.41, 5.74) is 5.69. The molecule has 1 aliphatic heterocycles. The number of aliphatic imine (C=N–C) groups is 1. The van der Waals surface area contributed by atoms with Crippen molar-refractivity contribution in [3.8, 4) is 0 Å². The molecule has 1 aliphatic rings. The third-order valence-corrected chi connectivity index (χ3v) is 2.26. The Morgan fingerprint density at radius 1 is 1.33 bits per heavy atom. The third kappa shape index (κ3) is 3.11. The molecule has 2 unspecified atom stereocenters. The van der Waals surface area contributed by atoms with Gasteiger partial charge in [0.05, 0.1) is 6.04 Å². The molecule has 0 amide bonds. The molecule has 2 atom stereocenters. The van der Waals surface area contributed by atoms with Crippen LogP contribution in [0.15, 0.2) is 4.99 Å². The minimum absolute atomic E-state index is 0.378. The molecule has 70 valence electrons. The summed E-state index contributed by atoms with van der Waals surface area (Å²) >= 11 is 0. The highest BCUT2D eigenvalue weighted by Gasteiger charge is 2.08. The van der Waals surface area contributed by atoms with Crippen LogP contribution in [0.2, 0.25) is 0 Å². The van der Waals surface area contributed by atoms with Gasteiger partial charge in [0, 0.05) is 6.04 Å². The van der Waals surface area contributed by atoms with Crippen LogP contribution in [0, 0.1) is 0 Å². The summed E-state index contributed by atoms with van der Waals surface area (Å²) in [5, 5.41) is 3.18. The second-order valence-electron chi connectivity index (χ2n) is 3.69. The Hall–Kier alpha value is -0.730. The van der Waals surface area contributed by atoms with E-state index in [-0.39, 0.29) is 0 Å². The Balaban J connectivity index is 2.53. The van der Waals surface area contributed by atoms with E-state index in [9.17, 15) is 0 Å². The van der Waals surface area contributed by atoms with Crippen LogP contribution in [-0.2, 0) is 0 Å². The fourth-order valence-electron chi connectivity index (χ4n) is 1.55. The fourth-order valence-corrected chi connectivity index (χ4v) is 1.55. The molecule has 0 aliphatic carbocycles. The van der Waals surface area contributed by atoms with Gasteiger partial charge in [0.15, 0.2) is 5.96 Å². The van der Waals surface area contributed by atoms with Crippen LogP contribution >= 0.6 is 0 Å². The van der Waals surface area contributed by atoms with Gasteiger partial charge in [-0.1, -0.05) is 12.8 Å². The first-order chi connectivity index (χ1) is 5.68. The largest absolute Gasteiger partial charge is 0.370 e. The van der Waals surface area contributed by atoms with Crippen LogP contribution < -0.4 is 11.1 Å². The minimum Gasteiger partial charge on any atom is -0.370 e. The van der Waals surface area contributed by atoms with Gasteiger partial charge in [-0.2, -0.15) is 0 Å². The lowest BCUT2D eigenvalue weighted by Crippen LogP contribution is -2.38. The lowest BCUT2D eigenvalue weighted by atomic mass is 10.1. The Morgan fingerprint density at radius 3 is 2.75 bits per heavy atom. The fraction of sp³-hybridized carbons (Fsp3) is 0.889. The van der Waals surface area contributed by atoms with Gasteiger partial charge >= 0.3 is 0 Å². The quantitative estimate of drug-likeness (QED) is 0.573. The van der Waals surface area contributed by atoms with E-state index in [1.165, 1.54) is 19.3 Å². The summed E-state index contributed by atoms with van der Waals surface area (Å²) in [4.78, 5) is 4.33. The number of nitrogens with two attached hydrogens (primary N) is 1. The standard InChI is InChI=1S/C9H19N3/c1-7-5-3-4-6-8(2)12-9(10)11-7/h7-8H,3-6H2,1-2H3,(H3,10,11,12). The topological polar surface area (TPSA) is 50.4 Å². The van der Waals surface area contributed by atoms with Gasteiger partial charge < -0.3 is 11.1 Å². The smallest absolute Gasteiger partial charge is 0.189 e. The van der Waals surface area contributed by atoms with Gasteiger partial charge in [0.1, 0.15) is 0 Å². The third-order valence-electron chi connectivity index (χ3n) is 2.26. The zero-order valence-corrected chi connectivity index (χ0v) is 8.01. The van der Waals surface area contributed by atoms with E-state index < -0.39 is 0 Å². The minimum atomic E-state index is 0.378. The molecule has 0 aromatic rings. The van der Waals surface area contributed by atoms with Crippen LogP contribution in [0.25, 0.3) is 0 Å². The monoisotopic (exact) mass is 169 g/mol. The van der Waals surface area contributed by atoms with Gasteiger partial charge in [-0.3, -0.25) is 4.99 Å². The lowest BCUT2D eigenvalue weighted by molar-refractivity contribution is 0.541. The van der Waals surface area contributed by atoms with Crippen molar-refractivity contribution in [2.24, 2.45) is 10.7 Å². The summed E-state index contributed by atoms with van der Waals surface area (Å²) in [5.74, 6) is 0.608. The number of hydrogen-bond donors (Lipinski definition) is 2. The number of nitrogens with one attached hydrogen (secondary N) is 1. The highest BCUT2D eigenvalue weighted by Crippen LogP contribution is 2.09. The van der Waals surface area contributed by atoms with Crippen molar-refractivity contribution in [1.29, 1.82) is 0 Å². The second kappa shape index (κ2) is 4.33. The molecule has 0 saturated heterocycles. The van der Waals surface area contributed by atoms with E-state index in [1.807, 2.05) is 0 Å². The van der Waals surface area contributed by atoms with Crippen molar-refractivity contribution in [1.82, 2.24) is 5.32 Å². The van der Waals surface area contributed by atoms with Gasteiger partial charge in [-0.05, 0) is 26.7 Å². The summed E-state index contributed by atoms with van der Waals surface area (Å²) < 4.78 is 0. The van der Waals surface area contributed by atoms with Gasteiger partial charge in [-0.25, -0.2) is 0 Å². The Kier molecular flexibility index (Phi) is 3.38. The number of rotatable bonds is 0. The molecular formula is C9H19N3. The van der Waals surface area contributed by atoms with E-state index in [0.717, 1.165) is 6.42 Å². The molecular weight excluding hydrogens is 150 g/mol. The molecule has 0 fully saturated rings. The number of guanidine groups is 1. The zero-order chi connectivity index (χ0) is 8.97. The predicted molar refractivity (Wildman–Crippen MR) is 52.2 cm³/mol. The summed E-state index contributed by atoms with van der Waals surface area (Å²) in [6.07, 6.45) is 4.91. The lowest BCUT2D eigenvalue weighted by Gasteiger charge is -2.12. The highest BCUT2D eigenvalue weighted by molar-refractivity contribution is 5.78. The van der Waals surface area contributed by atoms with Gasteiger partial charge in [-0.15, -0.1) is 0 Å². The van der Waals surface area contributed by atoms with Gasteiger partial charge in [0.2, 0.25) is 0 Å². The zero-order valence-electron chi connectivity index (χ0n) is 8.01. The van der Waals surface area contributed by atoms with Crippen LogP contribution in [0.5, 0.6) is 0 Å². The van der Waals surface area contributed by atoms with Crippen LogP contribution in [-0.4, -0.2) is 18.0 Å². The summed E-state index contributed by atoms with van der Waals surface area (Å²) in [6.45, 7) is 4.27. The molecule has 3 nitrogen and oxygen atoms in total. The van der Waals surface area contributed by atoms with E-state index in [1.54, 1.807) is 0 Å². The summed E-state index contributed by atoms with van der Waals surface area (Å²) in [6, 6.07) is 0.849. The van der Waals surface area contributed by atoms with E-state index in [2.05, 4.69) is 24.2 Å². The average molecular weight is 169 g/mol. The molecule has 1 heterocycles. The predicted octanol–water partition coefficient (Wildman–Crippen LogP) is 1.24. The number of nitrogens with zero attached hydrogens (tertiary/aromatic N) is 1. The SMILES string of the molecule is CC1CCCCC(C)N/C(N)=N\1. The molecule has 0 aromatic carbocycles. The normalized spacial score (nSPS) is 36.7. The molecule has 0 bridgehead atoms. The molecule has 0 spiro atoms. The molecule has 0 radical (unpaired) electrons. The Bertz CT molecular complexity index is 165. The molecule has 3 N–H and O–H groups in total. The first-order valence-corrected chi connectivity index (χ1v) is 4.78. The van der Waals surface area contributed by atoms with E-state index >= 15 is 0 Å². The van der Waals surface area contributed by atoms with Crippen LogP contribution in [0.1, 0.15) is 39.5 Å². The molecule has 0 aromatic heterocycles. The average Bonchev–Trinajstić information content (AvgIpc) is 2.01. The van der Waals surface area contributed by atoms with Crippen molar-refractivity contribution in [2.45, 2.75) is 51.6 Å². The number of hydrogen-bond acceptors (Lipinski definition) is 3. The van der Waals surface area contributed by atoms with Crippen molar-refractivity contribution < 1.29 is 0 Å². The van der Waals surface area contributed by atoms with Crippen molar-refractivity contribution in [2.75, 3.05) is 0 Å².